The molecule has 0 saturated heterocycles. The second-order valence-electron chi connectivity index (χ2n) is 3.29. The maximum Gasteiger partial charge on any atom is 0.339 e. The van der Waals surface area contributed by atoms with E-state index in [1.807, 2.05) is 6.07 Å². The lowest BCUT2D eigenvalue weighted by molar-refractivity contribution is -0.116. The number of hydrogen-bond donors (Lipinski definition) is 0. The fraction of sp³-hybridized carbons (Fsp3) is 0.250. The minimum absolute atomic E-state index is 0.0173. The molecule has 0 fully saturated rings. The molecule has 0 saturated carbocycles. The van der Waals surface area contributed by atoms with Gasteiger partial charge in [-0.3, -0.25) is 4.79 Å². The number of nitriles is 1. The first-order chi connectivity index (χ1) is 8.13. The summed E-state index contributed by atoms with van der Waals surface area (Å²) >= 11 is 5.41. The van der Waals surface area contributed by atoms with Crippen molar-refractivity contribution in [2.75, 3.05) is 13.0 Å². The second-order valence-corrected chi connectivity index (χ2v) is 3.56. The van der Waals surface area contributed by atoms with Gasteiger partial charge in [0.1, 0.15) is 6.07 Å². The molecule has 0 N–H and O–H groups in total. The largest absolute Gasteiger partial charge is 0.465 e. The van der Waals surface area contributed by atoms with E-state index in [1.54, 1.807) is 12.1 Å². The Morgan fingerprint density at radius 2 is 2.18 bits per heavy atom. The number of esters is 1. The smallest absolute Gasteiger partial charge is 0.339 e. The number of carbonyl (C=O) groups is 2. The predicted molar refractivity (Wildman–Crippen MR) is 61.9 cm³/mol. The van der Waals surface area contributed by atoms with Crippen molar-refractivity contribution < 1.29 is 14.3 Å². The van der Waals surface area contributed by atoms with Gasteiger partial charge in [-0.25, -0.2) is 4.79 Å². The van der Waals surface area contributed by atoms with Crippen LogP contribution in [0, 0.1) is 11.3 Å². The molecular formula is C12H10ClNO3. The third kappa shape index (κ3) is 3.05. The molecule has 4 nitrogen and oxygen atoms in total. The minimum Gasteiger partial charge on any atom is -0.465 e. The van der Waals surface area contributed by atoms with Crippen molar-refractivity contribution in [1.29, 1.82) is 5.26 Å². The van der Waals surface area contributed by atoms with E-state index in [1.165, 1.54) is 13.2 Å². The van der Waals surface area contributed by atoms with Gasteiger partial charge in [-0.2, -0.15) is 5.26 Å². The molecule has 0 radical (unpaired) electrons. The van der Waals surface area contributed by atoms with Crippen LogP contribution >= 0.6 is 11.6 Å². The van der Waals surface area contributed by atoms with Crippen molar-refractivity contribution in [3.63, 3.8) is 0 Å². The van der Waals surface area contributed by atoms with Crippen LogP contribution in [0.25, 0.3) is 0 Å². The molecule has 0 aliphatic rings. The van der Waals surface area contributed by atoms with E-state index in [0.717, 1.165) is 0 Å². The van der Waals surface area contributed by atoms with Crippen molar-refractivity contribution in [2.24, 2.45) is 0 Å². The zero-order valence-corrected chi connectivity index (χ0v) is 9.95. The molecule has 0 unspecified atom stereocenters. The Labute approximate surface area is 104 Å². The Bertz CT molecular complexity index is 491. The van der Waals surface area contributed by atoms with Gasteiger partial charge >= 0.3 is 5.97 Å². The summed E-state index contributed by atoms with van der Waals surface area (Å²) in [6, 6.07) is 6.62. The van der Waals surface area contributed by atoms with Gasteiger partial charge in [0.05, 0.1) is 24.1 Å². The molecule has 0 amide bonds. The molecule has 5 heteroatoms. The monoisotopic (exact) mass is 251 g/mol. The summed E-state index contributed by atoms with van der Waals surface area (Å²) in [5.74, 6) is -0.969. The average Bonchev–Trinajstić information content (AvgIpc) is 2.37. The number of methoxy groups -OCH3 is 1. The first-order valence-electron chi connectivity index (χ1n) is 4.82. The van der Waals surface area contributed by atoms with Crippen LogP contribution in [-0.4, -0.2) is 24.7 Å². The summed E-state index contributed by atoms with van der Waals surface area (Å²) in [5, 5.41) is 8.91. The van der Waals surface area contributed by atoms with Gasteiger partial charge in [-0.15, -0.1) is 11.6 Å². The summed E-state index contributed by atoms with van der Waals surface area (Å²) in [4.78, 5) is 22.8. The number of Topliss-reactive ketones (excluding diaryl/α,β-unsaturated/α-hetero) is 1. The van der Waals surface area contributed by atoms with Crippen LogP contribution in [-0.2, 0) is 16.0 Å². The highest BCUT2D eigenvalue weighted by molar-refractivity contribution is 6.27. The van der Waals surface area contributed by atoms with Gasteiger partial charge in [-0.05, 0) is 11.6 Å². The van der Waals surface area contributed by atoms with Crippen LogP contribution in [0.1, 0.15) is 21.5 Å². The van der Waals surface area contributed by atoms with E-state index in [-0.39, 0.29) is 29.2 Å². The number of rotatable bonds is 4. The summed E-state index contributed by atoms with van der Waals surface area (Å²) < 4.78 is 4.60. The minimum atomic E-state index is -0.625. The average molecular weight is 252 g/mol. The van der Waals surface area contributed by atoms with Gasteiger partial charge in [0.25, 0.3) is 0 Å². The van der Waals surface area contributed by atoms with Crippen molar-refractivity contribution >= 4 is 23.4 Å². The number of hydrogen-bond acceptors (Lipinski definition) is 4. The van der Waals surface area contributed by atoms with E-state index in [4.69, 9.17) is 16.9 Å². The molecule has 0 aliphatic carbocycles. The lowest BCUT2D eigenvalue weighted by atomic mass is 9.98. The van der Waals surface area contributed by atoms with E-state index in [0.29, 0.717) is 5.56 Å². The zero-order valence-electron chi connectivity index (χ0n) is 9.20. The van der Waals surface area contributed by atoms with E-state index < -0.39 is 5.97 Å². The number of ether oxygens (including phenoxy) is 1. The van der Waals surface area contributed by atoms with Gasteiger partial charge in [0.15, 0.2) is 5.78 Å². The molecule has 0 spiro atoms. The number of alkyl halides is 1. The fourth-order valence-electron chi connectivity index (χ4n) is 1.44. The lowest BCUT2D eigenvalue weighted by Crippen LogP contribution is -2.12. The molecule has 0 heterocycles. The topological polar surface area (TPSA) is 67.2 Å². The molecular weight excluding hydrogens is 242 g/mol. The summed E-state index contributed by atoms with van der Waals surface area (Å²) in [6.45, 7) is 0. The Hall–Kier alpha value is -1.86. The molecule has 88 valence electrons. The second kappa shape index (κ2) is 6.02. The van der Waals surface area contributed by atoms with Gasteiger partial charge < -0.3 is 4.74 Å². The van der Waals surface area contributed by atoms with Crippen LogP contribution < -0.4 is 0 Å². The van der Waals surface area contributed by atoms with Gasteiger partial charge in [0.2, 0.25) is 0 Å². The standard InChI is InChI=1S/C12H10ClNO3/c1-17-12(16)11-8(5-10(15)6-13)3-2-4-9(11)7-14/h2-4H,5-6H2,1H3. The number of nitrogens with zero attached hydrogens (tertiary/aromatic N) is 1. The third-order valence-corrected chi connectivity index (χ3v) is 2.50. The SMILES string of the molecule is COC(=O)c1c(C#N)cccc1CC(=O)CCl. The van der Waals surface area contributed by atoms with Gasteiger partial charge in [-0.1, -0.05) is 12.1 Å². The zero-order chi connectivity index (χ0) is 12.8. The highest BCUT2D eigenvalue weighted by Crippen LogP contribution is 2.16. The normalized spacial score (nSPS) is 9.47. The molecule has 0 aromatic heterocycles. The van der Waals surface area contributed by atoms with Crippen LogP contribution in [0.15, 0.2) is 18.2 Å². The van der Waals surface area contributed by atoms with Crippen molar-refractivity contribution in [1.82, 2.24) is 0 Å². The van der Waals surface area contributed by atoms with Crippen LogP contribution in [0.3, 0.4) is 0 Å². The molecule has 17 heavy (non-hydrogen) atoms. The first kappa shape index (κ1) is 13.2. The summed E-state index contributed by atoms with van der Waals surface area (Å²) in [7, 11) is 1.23. The third-order valence-electron chi connectivity index (χ3n) is 2.20. The number of carbonyl (C=O) groups excluding carboxylic acids is 2. The first-order valence-corrected chi connectivity index (χ1v) is 5.35. The summed E-state index contributed by atoms with van der Waals surface area (Å²) in [5.41, 5.74) is 0.786. The van der Waals surface area contributed by atoms with E-state index in [2.05, 4.69) is 4.74 Å². The molecule has 1 aromatic rings. The van der Waals surface area contributed by atoms with Crippen LogP contribution in [0.4, 0.5) is 0 Å². The molecule has 1 aromatic carbocycles. The number of halogens is 1. The van der Waals surface area contributed by atoms with Crippen LogP contribution in [0.5, 0.6) is 0 Å². The quantitative estimate of drug-likeness (QED) is 0.603. The molecule has 0 bridgehead atoms. The fourth-order valence-corrected chi connectivity index (χ4v) is 1.54. The maximum atomic E-state index is 11.6. The van der Waals surface area contributed by atoms with Crippen LogP contribution in [0.2, 0.25) is 0 Å². The number of benzene rings is 1. The number of ketones is 1. The van der Waals surface area contributed by atoms with Crippen molar-refractivity contribution in [2.45, 2.75) is 6.42 Å². The Morgan fingerprint density at radius 1 is 1.47 bits per heavy atom. The predicted octanol–water partition coefficient (Wildman–Crippen LogP) is 1.70. The summed E-state index contributed by atoms with van der Waals surface area (Å²) in [6.07, 6.45) is 0.0173. The highest BCUT2D eigenvalue weighted by Gasteiger charge is 2.18. The molecule has 0 aliphatic heterocycles. The molecule has 1 rings (SSSR count). The Balaban J connectivity index is 3.25. The Morgan fingerprint density at radius 3 is 2.71 bits per heavy atom. The van der Waals surface area contributed by atoms with E-state index >= 15 is 0 Å². The highest BCUT2D eigenvalue weighted by atomic mass is 35.5. The molecule has 0 atom stereocenters. The van der Waals surface area contributed by atoms with E-state index in [9.17, 15) is 9.59 Å². The van der Waals surface area contributed by atoms with Crippen molar-refractivity contribution in [3.05, 3.63) is 34.9 Å². The Kier molecular flexibility index (Phi) is 4.68. The maximum absolute atomic E-state index is 11.6. The lowest BCUT2D eigenvalue weighted by Gasteiger charge is -2.08. The van der Waals surface area contributed by atoms with Crippen molar-refractivity contribution in [3.8, 4) is 6.07 Å². The van der Waals surface area contributed by atoms with Gasteiger partial charge in [0, 0.05) is 6.42 Å².